The fourth-order valence-electron chi connectivity index (χ4n) is 1.73. The van der Waals surface area contributed by atoms with Crippen LogP contribution in [0.15, 0.2) is 24.3 Å². The Balaban J connectivity index is 2.27. The van der Waals surface area contributed by atoms with Crippen molar-refractivity contribution in [3.8, 4) is 0 Å². The van der Waals surface area contributed by atoms with Crippen LogP contribution in [0, 0.1) is 6.92 Å². The Hall–Kier alpha value is -0.980. The molecule has 0 aliphatic rings. The second-order valence-corrected chi connectivity index (χ2v) is 4.29. The summed E-state index contributed by atoms with van der Waals surface area (Å²) < 4.78 is 0. The van der Waals surface area contributed by atoms with Gasteiger partial charge in [-0.15, -0.1) is 0 Å². The van der Waals surface area contributed by atoms with Crippen LogP contribution in [0.2, 0.25) is 0 Å². The maximum atomic E-state index is 3.86. The molecule has 0 saturated heterocycles. The molecule has 0 bridgehead atoms. The zero-order chi connectivity index (χ0) is 11.6. The van der Waals surface area contributed by atoms with Gasteiger partial charge in [0.1, 0.15) is 0 Å². The quantitative estimate of drug-likeness (QED) is 0.636. The van der Waals surface area contributed by atoms with Crippen molar-refractivity contribution >= 4 is 5.69 Å². The van der Waals surface area contributed by atoms with Gasteiger partial charge in [-0.2, -0.15) is 0 Å². The van der Waals surface area contributed by atoms with E-state index >= 15 is 0 Å². The van der Waals surface area contributed by atoms with Gasteiger partial charge < -0.3 is 5.32 Å². The van der Waals surface area contributed by atoms with Crippen LogP contribution in [-0.2, 0) is 6.42 Å². The van der Waals surface area contributed by atoms with Crippen LogP contribution in [0.5, 0.6) is 0 Å². The van der Waals surface area contributed by atoms with E-state index < -0.39 is 0 Å². The molecule has 0 aliphatic carbocycles. The second kappa shape index (κ2) is 8.20. The molecule has 16 heavy (non-hydrogen) atoms. The van der Waals surface area contributed by atoms with Crippen molar-refractivity contribution in [2.45, 2.75) is 45.4 Å². The molecule has 1 N–H and O–H groups in total. The average molecular weight is 218 g/mol. The Bertz CT molecular complexity index is 263. The molecule has 0 amide bonds. The fourth-order valence-corrected chi connectivity index (χ4v) is 1.73. The monoisotopic (exact) mass is 218 g/mol. The Kier molecular flexibility index (Phi) is 6.71. The second-order valence-electron chi connectivity index (χ2n) is 4.29. The first kappa shape index (κ1) is 13.1. The maximum Gasteiger partial charge on any atom is 0.0340 e. The molecule has 1 aromatic carbocycles. The Labute approximate surface area is 100 Å². The lowest BCUT2D eigenvalue weighted by molar-refractivity contribution is 0.744. The van der Waals surface area contributed by atoms with Gasteiger partial charge in [-0.25, -0.2) is 0 Å². The highest BCUT2D eigenvalue weighted by Crippen LogP contribution is 2.11. The van der Waals surface area contributed by atoms with Crippen LogP contribution >= 0.6 is 0 Å². The lowest BCUT2D eigenvalue weighted by atomic mass is 10.1. The Morgan fingerprint density at radius 2 is 1.81 bits per heavy atom. The summed E-state index contributed by atoms with van der Waals surface area (Å²) in [7, 11) is 0. The van der Waals surface area contributed by atoms with E-state index in [4.69, 9.17) is 0 Å². The summed E-state index contributed by atoms with van der Waals surface area (Å²) in [5, 5.41) is 3.45. The molecule has 89 valence electrons. The van der Waals surface area contributed by atoms with E-state index in [1.807, 2.05) is 0 Å². The molecule has 1 aromatic rings. The lowest BCUT2D eigenvalue weighted by Gasteiger charge is -2.07. The first-order chi connectivity index (χ1) is 7.86. The molecule has 0 atom stereocenters. The van der Waals surface area contributed by atoms with Crippen LogP contribution < -0.4 is 5.32 Å². The number of aryl methyl sites for hydroxylation is 1. The van der Waals surface area contributed by atoms with Gasteiger partial charge in [-0.3, -0.25) is 0 Å². The Morgan fingerprint density at radius 1 is 1.06 bits per heavy atom. The van der Waals surface area contributed by atoms with Crippen LogP contribution in [0.25, 0.3) is 0 Å². The summed E-state index contributed by atoms with van der Waals surface area (Å²) in [6.07, 6.45) is 7.22. The molecular formula is C15H24N. The van der Waals surface area contributed by atoms with Gasteiger partial charge in [-0.1, -0.05) is 45.2 Å². The third-order valence-electron chi connectivity index (χ3n) is 2.78. The van der Waals surface area contributed by atoms with Crippen molar-refractivity contribution < 1.29 is 0 Å². The van der Waals surface area contributed by atoms with E-state index in [9.17, 15) is 0 Å². The first-order valence-electron chi connectivity index (χ1n) is 6.49. The number of hydrogen-bond acceptors (Lipinski definition) is 1. The lowest BCUT2D eigenvalue weighted by Crippen LogP contribution is -2.01. The minimum Gasteiger partial charge on any atom is -0.385 e. The van der Waals surface area contributed by atoms with Gasteiger partial charge in [0.05, 0.1) is 0 Å². The molecule has 0 heterocycles. The van der Waals surface area contributed by atoms with Crippen molar-refractivity contribution in [1.82, 2.24) is 0 Å². The van der Waals surface area contributed by atoms with E-state index in [2.05, 4.69) is 43.4 Å². The zero-order valence-corrected chi connectivity index (χ0v) is 10.5. The molecule has 1 rings (SSSR count). The van der Waals surface area contributed by atoms with Gasteiger partial charge in [0.15, 0.2) is 0 Å². The molecule has 0 saturated carbocycles. The number of hydrogen-bond donors (Lipinski definition) is 1. The number of benzene rings is 1. The third-order valence-corrected chi connectivity index (χ3v) is 2.78. The summed E-state index contributed by atoms with van der Waals surface area (Å²) in [5.74, 6) is 0. The number of anilines is 1. The van der Waals surface area contributed by atoms with Crippen LogP contribution in [0.4, 0.5) is 5.69 Å². The molecule has 0 aromatic heterocycles. The van der Waals surface area contributed by atoms with Crippen molar-refractivity contribution in [2.24, 2.45) is 0 Å². The van der Waals surface area contributed by atoms with Gasteiger partial charge >= 0.3 is 0 Å². The summed E-state index contributed by atoms with van der Waals surface area (Å²) in [6, 6.07) is 8.81. The van der Waals surface area contributed by atoms with Crippen molar-refractivity contribution in [1.29, 1.82) is 0 Å². The predicted octanol–water partition coefficient (Wildman–Crippen LogP) is 4.45. The van der Waals surface area contributed by atoms with Crippen molar-refractivity contribution in [3.05, 3.63) is 36.8 Å². The van der Waals surface area contributed by atoms with Gasteiger partial charge in [0.2, 0.25) is 0 Å². The van der Waals surface area contributed by atoms with Crippen molar-refractivity contribution in [2.75, 3.05) is 11.9 Å². The van der Waals surface area contributed by atoms with Crippen LogP contribution in [0.3, 0.4) is 0 Å². The molecule has 1 radical (unpaired) electrons. The van der Waals surface area contributed by atoms with Crippen LogP contribution in [-0.4, -0.2) is 6.54 Å². The van der Waals surface area contributed by atoms with E-state index in [0.29, 0.717) is 0 Å². The van der Waals surface area contributed by atoms with E-state index in [1.165, 1.54) is 36.9 Å². The van der Waals surface area contributed by atoms with Gasteiger partial charge in [0.25, 0.3) is 0 Å². The molecule has 0 fully saturated rings. The minimum absolute atomic E-state index is 1.02. The van der Waals surface area contributed by atoms with Crippen molar-refractivity contribution in [3.63, 3.8) is 0 Å². The molecule has 0 aliphatic heterocycles. The largest absolute Gasteiger partial charge is 0.385 e. The van der Waals surface area contributed by atoms with E-state index in [1.54, 1.807) is 0 Å². The maximum absolute atomic E-state index is 3.86. The SMILES string of the molecule is [CH2]CCCc1ccc(NCCCCC)cc1. The van der Waals surface area contributed by atoms with E-state index in [0.717, 1.165) is 19.4 Å². The van der Waals surface area contributed by atoms with E-state index in [-0.39, 0.29) is 0 Å². The summed E-state index contributed by atoms with van der Waals surface area (Å²) >= 11 is 0. The molecule has 0 spiro atoms. The first-order valence-corrected chi connectivity index (χ1v) is 6.49. The average Bonchev–Trinajstić information content (AvgIpc) is 2.33. The third kappa shape index (κ3) is 5.20. The molecule has 0 unspecified atom stereocenters. The number of rotatable bonds is 8. The minimum atomic E-state index is 1.02. The zero-order valence-electron chi connectivity index (χ0n) is 10.5. The topological polar surface area (TPSA) is 12.0 Å². The highest BCUT2D eigenvalue weighted by molar-refractivity contribution is 5.44. The normalized spacial score (nSPS) is 10.4. The molecular weight excluding hydrogens is 194 g/mol. The number of nitrogens with one attached hydrogen (secondary N) is 1. The smallest absolute Gasteiger partial charge is 0.0340 e. The van der Waals surface area contributed by atoms with Gasteiger partial charge in [-0.05, 0) is 37.0 Å². The van der Waals surface area contributed by atoms with Crippen LogP contribution in [0.1, 0.15) is 44.6 Å². The highest BCUT2D eigenvalue weighted by atomic mass is 14.9. The highest BCUT2D eigenvalue weighted by Gasteiger charge is 1.94. The molecule has 1 heteroatoms. The summed E-state index contributed by atoms with van der Waals surface area (Å²) in [4.78, 5) is 0. The summed E-state index contributed by atoms with van der Waals surface area (Å²) in [5.41, 5.74) is 2.66. The van der Waals surface area contributed by atoms with Gasteiger partial charge in [0, 0.05) is 12.2 Å². The summed E-state index contributed by atoms with van der Waals surface area (Å²) in [6.45, 7) is 7.19. The number of unbranched alkanes of at least 4 members (excludes halogenated alkanes) is 3. The Morgan fingerprint density at radius 3 is 2.44 bits per heavy atom. The fraction of sp³-hybridized carbons (Fsp3) is 0.533. The predicted molar refractivity (Wildman–Crippen MR) is 72.8 cm³/mol. The standard InChI is InChI=1S/C15H24N/c1-3-5-7-13-16-15-11-9-14(10-12-15)8-6-4-2/h9-12,16H,2-8,13H2,1H3. The molecule has 1 nitrogen and oxygen atoms in total.